The monoisotopic (exact) mass is 222 g/mol. The minimum Gasteiger partial charge on any atom is -0.396 e. The van der Waals surface area contributed by atoms with Crippen LogP contribution >= 0.6 is 0 Å². The molecule has 0 aromatic carbocycles. The van der Waals surface area contributed by atoms with Gasteiger partial charge in [-0.15, -0.1) is 0 Å². The Hall–Kier alpha value is -0.630. The summed E-state index contributed by atoms with van der Waals surface area (Å²) in [6, 6.07) is 0. The maximum Gasteiger partial charge on any atom is 0.139 e. The number of carbonyl (C=O) groups is 1. The molecular formula is C14H22O2. The first-order valence-corrected chi connectivity index (χ1v) is 6.40. The van der Waals surface area contributed by atoms with Gasteiger partial charge in [0.15, 0.2) is 0 Å². The molecule has 3 atom stereocenters. The third-order valence-electron chi connectivity index (χ3n) is 4.63. The first-order chi connectivity index (χ1) is 7.58. The Labute approximate surface area is 97.7 Å². The van der Waals surface area contributed by atoms with Crippen LogP contribution in [0.15, 0.2) is 11.6 Å². The molecular weight excluding hydrogens is 200 g/mol. The summed E-state index contributed by atoms with van der Waals surface area (Å²) >= 11 is 0. The van der Waals surface area contributed by atoms with Gasteiger partial charge in [0.05, 0.1) is 0 Å². The first-order valence-electron chi connectivity index (χ1n) is 6.40. The van der Waals surface area contributed by atoms with Gasteiger partial charge in [0.1, 0.15) is 5.78 Å². The van der Waals surface area contributed by atoms with Crippen LogP contribution in [0.3, 0.4) is 0 Å². The zero-order chi connectivity index (χ0) is 11.8. The molecule has 16 heavy (non-hydrogen) atoms. The molecule has 0 aromatic rings. The van der Waals surface area contributed by atoms with Crippen molar-refractivity contribution in [2.24, 2.45) is 17.3 Å². The number of rotatable bonds is 2. The molecule has 2 rings (SSSR count). The highest BCUT2D eigenvalue weighted by Crippen LogP contribution is 2.51. The van der Waals surface area contributed by atoms with E-state index in [9.17, 15) is 4.79 Å². The molecule has 0 unspecified atom stereocenters. The van der Waals surface area contributed by atoms with E-state index in [4.69, 9.17) is 5.11 Å². The fraction of sp³-hybridized carbons (Fsp3) is 0.786. The molecule has 0 aromatic heterocycles. The summed E-state index contributed by atoms with van der Waals surface area (Å²) in [4.78, 5) is 12.1. The summed E-state index contributed by atoms with van der Waals surface area (Å²) in [6.07, 6.45) is 6.78. The molecule has 2 aliphatic rings. The predicted molar refractivity (Wildman–Crippen MR) is 64.0 cm³/mol. The van der Waals surface area contributed by atoms with Gasteiger partial charge >= 0.3 is 0 Å². The summed E-state index contributed by atoms with van der Waals surface area (Å²) < 4.78 is 0. The van der Waals surface area contributed by atoms with E-state index in [-0.39, 0.29) is 12.0 Å². The van der Waals surface area contributed by atoms with E-state index in [1.54, 1.807) is 0 Å². The Bertz CT molecular complexity index is 319. The molecule has 0 heterocycles. The van der Waals surface area contributed by atoms with Crippen molar-refractivity contribution in [2.45, 2.75) is 46.0 Å². The molecule has 0 bridgehead atoms. The number of aliphatic hydroxyl groups is 1. The van der Waals surface area contributed by atoms with Gasteiger partial charge in [0, 0.05) is 18.4 Å². The zero-order valence-electron chi connectivity index (χ0n) is 10.3. The summed E-state index contributed by atoms with van der Waals surface area (Å²) in [5.74, 6) is 1.59. The Balaban J connectivity index is 2.26. The van der Waals surface area contributed by atoms with Gasteiger partial charge in [-0.05, 0) is 37.5 Å². The van der Waals surface area contributed by atoms with Crippen LogP contribution in [0.4, 0.5) is 0 Å². The third kappa shape index (κ3) is 1.84. The van der Waals surface area contributed by atoms with E-state index in [1.807, 2.05) is 0 Å². The maximum absolute atomic E-state index is 12.1. The molecule has 0 amide bonds. The van der Waals surface area contributed by atoms with E-state index < -0.39 is 0 Å². The minimum atomic E-state index is -0.142. The van der Waals surface area contributed by atoms with E-state index in [0.717, 1.165) is 32.1 Å². The number of allylic oxidation sites excluding steroid dienone is 1. The Morgan fingerprint density at radius 2 is 2.31 bits per heavy atom. The van der Waals surface area contributed by atoms with Crippen LogP contribution in [0, 0.1) is 17.3 Å². The normalized spacial score (nSPS) is 39.2. The minimum absolute atomic E-state index is 0.142. The van der Waals surface area contributed by atoms with Gasteiger partial charge in [0.2, 0.25) is 0 Å². The molecule has 0 radical (unpaired) electrons. The van der Waals surface area contributed by atoms with Crippen LogP contribution in [0.5, 0.6) is 0 Å². The molecule has 1 fully saturated rings. The number of hydrogen-bond donors (Lipinski definition) is 1. The predicted octanol–water partition coefficient (Wildman–Crippen LogP) is 2.71. The van der Waals surface area contributed by atoms with Crippen LogP contribution in [0.1, 0.15) is 46.0 Å². The lowest BCUT2D eigenvalue weighted by atomic mass is 9.70. The molecule has 90 valence electrons. The van der Waals surface area contributed by atoms with Crippen molar-refractivity contribution in [1.82, 2.24) is 0 Å². The van der Waals surface area contributed by atoms with Gasteiger partial charge in [0.25, 0.3) is 0 Å². The van der Waals surface area contributed by atoms with Gasteiger partial charge in [-0.25, -0.2) is 0 Å². The Morgan fingerprint density at radius 3 is 3.00 bits per heavy atom. The van der Waals surface area contributed by atoms with Crippen molar-refractivity contribution < 1.29 is 9.90 Å². The average molecular weight is 222 g/mol. The van der Waals surface area contributed by atoms with Gasteiger partial charge in [-0.2, -0.15) is 0 Å². The quantitative estimate of drug-likeness (QED) is 0.729. The van der Waals surface area contributed by atoms with Crippen LogP contribution in [0.2, 0.25) is 0 Å². The van der Waals surface area contributed by atoms with E-state index in [0.29, 0.717) is 17.6 Å². The van der Waals surface area contributed by atoms with E-state index >= 15 is 0 Å². The van der Waals surface area contributed by atoms with Gasteiger partial charge in [-0.1, -0.05) is 25.5 Å². The van der Waals surface area contributed by atoms with Gasteiger partial charge in [-0.3, -0.25) is 4.79 Å². The number of carbonyl (C=O) groups excluding carboxylic acids is 1. The highest BCUT2D eigenvalue weighted by atomic mass is 16.3. The molecule has 0 spiro atoms. The third-order valence-corrected chi connectivity index (χ3v) is 4.63. The van der Waals surface area contributed by atoms with Crippen molar-refractivity contribution in [1.29, 1.82) is 0 Å². The van der Waals surface area contributed by atoms with Crippen molar-refractivity contribution in [2.75, 3.05) is 6.61 Å². The van der Waals surface area contributed by atoms with Crippen molar-refractivity contribution >= 4 is 5.78 Å². The Morgan fingerprint density at radius 1 is 1.56 bits per heavy atom. The number of fused-ring (bicyclic) bond motifs is 1. The number of Topliss-reactive ketones (excluding diaryl/α,β-unsaturated/α-hetero) is 1. The fourth-order valence-corrected chi connectivity index (χ4v) is 3.63. The lowest BCUT2D eigenvalue weighted by Gasteiger charge is -2.32. The second-order valence-electron chi connectivity index (χ2n) is 5.71. The molecule has 2 heteroatoms. The fourth-order valence-electron chi connectivity index (χ4n) is 3.63. The van der Waals surface area contributed by atoms with Crippen LogP contribution < -0.4 is 0 Å². The number of aliphatic hydroxyl groups excluding tert-OH is 1. The molecule has 1 N–H and O–H groups in total. The SMILES string of the molecule is C[C@@H]1CC=C(CCO)C[C@]2(C)C(=O)CC[C@@H]12. The molecule has 2 aliphatic carbocycles. The summed E-state index contributed by atoms with van der Waals surface area (Å²) in [5.41, 5.74) is 1.14. The van der Waals surface area contributed by atoms with Crippen molar-refractivity contribution in [3.63, 3.8) is 0 Å². The lowest BCUT2D eigenvalue weighted by Crippen LogP contribution is -2.31. The first kappa shape index (κ1) is 11.8. The van der Waals surface area contributed by atoms with Crippen molar-refractivity contribution in [3.8, 4) is 0 Å². The smallest absolute Gasteiger partial charge is 0.139 e. The topological polar surface area (TPSA) is 37.3 Å². The van der Waals surface area contributed by atoms with Gasteiger partial charge < -0.3 is 5.11 Å². The lowest BCUT2D eigenvalue weighted by molar-refractivity contribution is -0.126. The summed E-state index contributed by atoms with van der Waals surface area (Å²) in [6.45, 7) is 4.61. The standard InChI is InChI=1S/C14H22O2/c1-10-3-4-11(7-8-15)9-14(2)12(10)5-6-13(14)16/h4,10,12,15H,3,5-9H2,1-2H3/t10-,12+,14+/m1/s1. The molecule has 1 saturated carbocycles. The molecule has 0 saturated heterocycles. The summed E-state index contributed by atoms with van der Waals surface area (Å²) in [7, 11) is 0. The number of hydrogen-bond acceptors (Lipinski definition) is 2. The van der Waals surface area contributed by atoms with Crippen LogP contribution in [-0.4, -0.2) is 17.5 Å². The van der Waals surface area contributed by atoms with Crippen LogP contribution in [-0.2, 0) is 4.79 Å². The van der Waals surface area contributed by atoms with E-state index in [2.05, 4.69) is 19.9 Å². The van der Waals surface area contributed by atoms with Crippen LogP contribution in [0.25, 0.3) is 0 Å². The average Bonchev–Trinajstić information content (AvgIpc) is 2.45. The highest BCUT2D eigenvalue weighted by Gasteiger charge is 2.48. The van der Waals surface area contributed by atoms with Crippen molar-refractivity contribution in [3.05, 3.63) is 11.6 Å². The maximum atomic E-state index is 12.1. The second kappa shape index (κ2) is 4.33. The Kier molecular flexibility index (Phi) is 3.20. The number of ketones is 1. The second-order valence-corrected chi connectivity index (χ2v) is 5.71. The van der Waals surface area contributed by atoms with E-state index in [1.165, 1.54) is 5.57 Å². The summed E-state index contributed by atoms with van der Waals surface area (Å²) in [5, 5.41) is 9.04. The zero-order valence-corrected chi connectivity index (χ0v) is 10.3. The highest BCUT2D eigenvalue weighted by molar-refractivity contribution is 5.87. The molecule has 2 nitrogen and oxygen atoms in total. The molecule has 0 aliphatic heterocycles. The largest absolute Gasteiger partial charge is 0.396 e.